The quantitative estimate of drug-likeness (QED) is 0.735. The number of halogens is 1. The lowest BCUT2D eigenvalue weighted by Gasteiger charge is -2.16. The van der Waals surface area contributed by atoms with Gasteiger partial charge in [0.05, 0.1) is 0 Å². The van der Waals surface area contributed by atoms with Gasteiger partial charge in [-0.15, -0.1) is 0 Å². The predicted molar refractivity (Wildman–Crippen MR) is 90.0 cm³/mol. The van der Waals surface area contributed by atoms with E-state index in [0.717, 1.165) is 24.1 Å². The fraction of sp³-hybridized carbons (Fsp3) is 0.278. The lowest BCUT2D eigenvalue weighted by atomic mass is 10.1. The molecule has 2 rings (SSSR count). The Kier molecular flexibility index (Phi) is 6.11. The van der Waals surface area contributed by atoms with Crippen LogP contribution in [0.15, 0.2) is 48.5 Å². The zero-order valence-electron chi connectivity index (χ0n) is 13.1. The second-order valence-corrected chi connectivity index (χ2v) is 5.50. The molecule has 0 aliphatic rings. The monoisotopic (exact) mass is 316 g/mol. The maximum absolute atomic E-state index is 13.1. The standard InChI is InChI=1S/C18H21FN2O2/c1-13(8-9-14-4-2-5-15(19)10-14)20-16-6-3-7-17(11-16)21-18(23)12-22/h2-7,10-11,13,20,22H,8-9,12H2,1H3,(H,21,23). The van der Waals surface area contributed by atoms with Gasteiger partial charge in [0.15, 0.2) is 0 Å². The van der Waals surface area contributed by atoms with Crippen molar-refractivity contribution in [1.82, 2.24) is 0 Å². The van der Waals surface area contributed by atoms with Gasteiger partial charge < -0.3 is 15.7 Å². The topological polar surface area (TPSA) is 61.4 Å². The fourth-order valence-electron chi connectivity index (χ4n) is 2.32. The van der Waals surface area contributed by atoms with E-state index in [0.29, 0.717) is 5.69 Å². The van der Waals surface area contributed by atoms with Crippen molar-refractivity contribution in [2.45, 2.75) is 25.8 Å². The van der Waals surface area contributed by atoms with E-state index in [1.807, 2.05) is 24.3 Å². The second kappa shape index (κ2) is 8.29. The lowest BCUT2D eigenvalue weighted by Crippen LogP contribution is -2.17. The average molecular weight is 316 g/mol. The summed E-state index contributed by atoms with van der Waals surface area (Å²) in [5.74, 6) is -0.656. The molecule has 0 spiro atoms. The number of aliphatic hydroxyl groups is 1. The minimum Gasteiger partial charge on any atom is -0.387 e. The highest BCUT2D eigenvalue weighted by Crippen LogP contribution is 2.17. The van der Waals surface area contributed by atoms with Crippen LogP contribution in [0.5, 0.6) is 0 Å². The first-order valence-corrected chi connectivity index (χ1v) is 7.58. The molecule has 122 valence electrons. The van der Waals surface area contributed by atoms with Gasteiger partial charge in [-0.25, -0.2) is 4.39 Å². The van der Waals surface area contributed by atoms with Crippen LogP contribution in [0.3, 0.4) is 0 Å². The van der Waals surface area contributed by atoms with Crippen LogP contribution >= 0.6 is 0 Å². The molecule has 3 N–H and O–H groups in total. The summed E-state index contributed by atoms with van der Waals surface area (Å²) in [6, 6.07) is 14.1. The van der Waals surface area contributed by atoms with Gasteiger partial charge >= 0.3 is 0 Å². The molecular formula is C18H21FN2O2. The van der Waals surface area contributed by atoms with Gasteiger partial charge in [-0.1, -0.05) is 18.2 Å². The number of hydrogen-bond donors (Lipinski definition) is 3. The van der Waals surface area contributed by atoms with Crippen LogP contribution in [-0.2, 0) is 11.2 Å². The average Bonchev–Trinajstić information content (AvgIpc) is 2.53. The molecule has 0 aliphatic carbocycles. The summed E-state index contributed by atoms with van der Waals surface area (Å²) in [7, 11) is 0. The number of nitrogens with one attached hydrogen (secondary N) is 2. The summed E-state index contributed by atoms with van der Waals surface area (Å²) in [6.07, 6.45) is 1.64. The van der Waals surface area contributed by atoms with E-state index >= 15 is 0 Å². The van der Waals surface area contributed by atoms with Crippen LogP contribution in [0.1, 0.15) is 18.9 Å². The van der Waals surface area contributed by atoms with E-state index in [9.17, 15) is 9.18 Å². The Morgan fingerprint density at radius 2 is 1.91 bits per heavy atom. The summed E-state index contributed by atoms with van der Waals surface area (Å²) in [5.41, 5.74) is 2.49. The molecule has 1 atom stereocenters. The number of hydrogen-bond acceptors (Lipinski definition) is 3. The Balaban J connectivity index is 1.88. The van der Waals surface area contributed by atoms with Gasteiger partial charge in [0.2, 0.25) is 5.91 Å². The molecule has 5 heteroatoms. The molecule has 2 aromatic carbocycles. The number of rotatable bonds is 7. The van der Waals surface area contributed by atoms with Crippen molar-refractivity contribution in [2.75, 3.05) is 17.2 Å². The number of carbonyl (C=O) groups is 1. The van der Waals surface area contributed by atoms with Crippen molar-refractivity contribution < 1.29 is 14.3 Å². The normalized spacial score (nSPS) is 11.8. The zero-order chi connectivity index (χ0) is 16.7. The van der Waals surface area contributed by atoms with Gasteiger partial charge in [-0.05, 0) is 55.7 Å². The predicted octanol–water partition coefficient (Wildman–Crippen LogP) is 3.19. The first kappa shape index (κ1) is 17.0. The highest BCUT2D eigenvalue weighted by Gasteiger charge is 2.05. The number of aryl methyl sites for hydroxylation is 1. The third-order valence-electron chi connectivity index (χ3n) is 3.46. The number of anilines is 2. The molecule has 0 fully saturated rings. The Hall–Kier alpha value is -2.40. The Morgan fingerprint density at radius 3 is 2.65 bits per heavy atom. The molecule has 0 bridgehead atoms. The lowest BCUT2D eigenvalue weighted by molar-refractivity contribution is -0.118. The van der Waals surface area contributed by atoms with Crippen LogP contribution < -0.4 is 10.6 Å². The molecule has 0 radical (unpaired) electrons. The van der Waals surface area contributed by atoms with E-state index in [-0.39, 0.29) is 11.9 Å². The zero-order valence-corrected chi connectivity index (χ0v) is 13.1. The molecule has 0 saturated carbocycles. The number of carbonyl (C=O) groups excluding carboxylic acids is 1. The molecule has 2 aromatic rings. The molecule has 0 aromatic heterocycles. The first-order chi connectivity index (χ1) is 11.1. The van der Waals surface area contributed by atoms with Gasteiger partial charge in [0, 0.05) is 17.4 Å². The smallest absolute Gasteiger partial charge is 0.250 e. The Labute approximate surface area is 135 Å². The van der Waals surface area contributed by atoms with Crippen molar-refractivity contribution in [1.29, 1.82) is 0 Å². The van der Waals surface area contributed by atoms with Crippen LogP contribution in [0, 0.1) is 5.82 Å². The molecular weight excluding hydrogens is 295 g/mol. The third-order valence-corrected chi connectivity index (χ3v) is 3.46. The maximum atomic E-state index is 13.1. The van der Waals surface area contributed by atoms with Crippen LogP contribution in [0.4, 0.5) is 15.8 Å². The van der Waals surface area contributed by atoms with Crippen molar-refractivity contribution >= 4 is 17.3 Å². The summed E-state index contributed by atoms with van der Waals surface area (Å²) in [6.45, 7) is 1.51. The fourth-order valence-corrected chi connectivity index (χ4v) is 2.32. The molecule has 0 aliphatic heterocycles. The third kappa shape index (κ3) is 5.71. The molecule has 1 unspecified atom stereocenters. The van der Waals surface area contributed by atoms with Gasteiger partial charge in [-0.2, -0.15) is 0 Å². The first-order valence-electron chi connectivity index (χ1n) is 7.58. The number of benzene rings is 2. The highest BCUT2D eigenvalue weighted by molar-refractivity contribution is 5.91. The van der Waals surface area contributed by atoms with Crippen LogP contribution in [-0.4, -0.2) is 23.7 Å². The van der Waals surface area contributed by atoms with Crippen molar-refractivity contribution in [3.63, 3.8) is 0 Å². The maximum Gasteiger partial charge on any atom is 0.250 e. The van der Waals surface area contributed by atoms with Crippen LogP contribution in [0.25, 0.3) is 0 Å². The summed E-state index contributed by atoms with van der Waals surface area (Å²) >= 11 is 0. The molecule has 4 nitrogen and oxygen atoms in total. The van der Waals surface area contributed by atoms with Crippen molar-refractivity contribution in [3.05, 3.63) is 59.9 Å². The van der Waals surface area contributed by atoms with E-state index in [2.05, 4.69) is 17.6 Å². The molecule has 23 heavy (non-hydrogen) atoms. The minimum atomic E-state index is -0.540. The van der Waals surface area contributed by atoms with Crippen LogP contribution in [0.2, 0.25) is 0 Å². The van der Waals surface area contributed by atoms with E-state index in [1.54, 1.807) is 18.2 Å². The van der Waals surface area contributed by atoms with Gasteiger partial charge in [0.25, 0.3) is 0 Å². The van der Waals surface area contributed by atoms with Gasteiger partial charge in [0.1, 0.15) is 12.4 Å². The highest BCUT2D eigenvalue weighted by atomic mass is 19.1. The second-order valence-electron chi connectivity index (χ2n) is 5.50. The van der Waals surface area contributed by atoms with Crippen molar-refractivity contribution in [3.8, 4) is 0 Å². The Bertz CT molecular complexity index is 661. The summed E-state index contributed by atoms with van der Waals surface area (Å²) in [5, 5.41) is 14.7. The van der Waals surface area contributed by atoms with E-state index in [4.69, 9.17) is 5.11 Å². The summed E-state index contributed by atoms with van der Waals surface area (Å²) < 4.78 is 13.1. The minimum absolute atomic E-state index is 0.196. The SMILES string of the molecule is CC(CCc1cccc(F)c1)Nc1cccc(NC(=O)CO)c1. The number of aliphatic hydroxyl groups excluding tert-OH is 1. The molecule has 0 saturated heterocycles. The largest absolute Gasteiger partial charge is 0.387 e. The molecule has 0 heterocycles. The van der Waals surface area contributed by atoms with E-state index in [1.165, 1.54) is 6.07 Å². The Morgan fingerprint density at radius 1 is 1.17 bits per heavy atom. The van der Waals surface area contributed by atoms with Gasteiger partial charge in [-0.3, -0.25) is 4.79 Å². The van der Waals surface area contributed by atoms with Crippen molar-refractivity contribution in [2.24, 2.45) is 0 Å². The number of amides is 1. The van der Waals surface area contributed by atoms with E-state index < -0.39 is 12.5 Å². The summed E-state index contributed by atoms with van der Waals surface area (Å²) in [4.78, 5) is 11.2. The molecule has 1 amide bonds.